The van der Waals surface area contributed by atoms with Crippen molar-refractivity contribution < 1.29 is 34.7 Å². The molecule has 0 bridgehead atoms. The van der Waals surface area contributed by atoms with Gasteiger partial charge in [0.05, 0.1) is 0 Å². The van der Waals surface area contributed by atoms with Gasteiger partial charge in [-0.3, -0.25) is 0 Å². The van der Waals surface area contributed by atoms with Crippen LogP contribution in [0.5, 0.6) is 5.75 Å². The van der Waals surface area contributed by atoms with Crippen LogP contribution in [0.15, 0.2) is 42.5 Å². The number of hydrogen-bond acceptors (Lipinski definition) is 1. The molecule has 0 saturated heterocycles. The fourth-order valence-electron chi connectivity index (χ4n) is 2.54. The van der Waals surface area contributed by atoms with Crippen LogP contribution in [0.4, 0.5) is 0 Å². The van der Waals surface area contributed by atoms with Crippen molar-refractivity contribution in [1.29, 1.82) is 0 Å². The Hall–Kier alpha value is -0.760. The summed E-state index contributed by atoms with van der Waals surface area (Å²) in [6.07, 6.45) is 0. The SMILES string of the molecule is CC(C)(C)c1cc(-c2ccccc2)cc(C(C)(C)C)c1[O-].[Na+]. The zero-order valence-electron chi connectivity index (χ0n) is 14.9. The average Bonchev–Trinajstić information content (AvgIpc) is 2.37. The quantitative estimate of drug-likeness (QED) is 0.739. The minimum atomic E-state index is -0.151. The van der Waals surface area contributed by atoms with E-state index in [0.717, 1.165) is 22.3 Å². The van der Waals surface area contributed by atoms with E-state index in [2.05, 4.69) is 65.8 Å². The van der Waals surface area contributed by atoms with Gasteiger partial charge in [0.15, 0.2) is 0 Å². The summed E-state index contributed by atoms with van der Waals surface area (Å²) >= 11 is 0. The van der Waals surface area contributed by atoms with Crippen molar-refractivity contribution in [3.8, 4) is 16.9 Å². The molecule has 2 aromatic carbocycles. The Morgan fingerprint density at radius 1 is 0.682 bits per heavy atom. The molecule has 0 saturated carbocycles. The zero-order valence-corrected chi connectivity index (χ0v) is 16.9. The van der Waals surface area contributed by atoms with Crippen LogP contribution in [-0.2, 0) is 10.8 Å². The molecule has 0 atom stereocenters. The number of benzene rings is 2. The Labute approximate surface area is 157 Å². The summed E-state index contributed by atoms with van der Waals surface area (Å²) in [4.78, 5) is 0. The fraction of sp³-hybridized carbons (Fsp3) is 0.400. The van der Waals surface area contributed by atoms with Crippen molar-refractivity contribution in [2.75, 3.05) is 0 Å². The van der Waals surface area contributed by atoms with Crippen LogP contribution in [-0.4, -0.2) is 0 Å². The molecule has 0 fully saturated rings. The molecule has 2 rings (SSSR count). The third-order valence-electron chi connectivity index (χ3n) is 3.81. The average molecular weight is 304 g/mol. The Kier molecular flexibility index (Phi) is 5.94. The summed E-state index contributed by atoms with van der Waals surface area (Å²) < 4.78 is 0. The van der Waals surface area contributed by atoms with Crippen LogP contribution in [0.25, 0.3) is 11.1 Å². The van der Waals surface area contributed by atoms with Gasteiger partial charge in [-0.15, -0.1) is 5.75 Å². The van der Waals surface area contributed by atoms with Gasteiger partial charge in [0.2, 0.25) is 0 Å². The van der Waals surface area contributed by atoms with E-state index in [-0.39, 0.29) is 46.1 Å². The van der Waals surface area contributed by atoms with E-state index in [1.54, 1.807) is 0 Å². The Bertz CT molecular complexity index is 596. The maximum Gasteiger partial charge on any atom is 1.00 e. The summed E-state index contributed by atoms with van der Waals surface area (Å²) in [7, 11) is 0. The monoisotopic (exact) mass is 304 g/mol. The van der Waals surface area contributed by atoms with Gasteiger partial charge in [-0.25, -0.2) is 0 Å². The third kappa shape index (κ3) is 4.16. The molecule has 0 aliphatic heterocycles. The molecule has 2 heteroatoms. The molecule has 2 aromatic rings. The van der Waals surface area contributed by atoms with Crippen LogP contribution in [0.2, 0.25) is 0 Å². The topological polar surface area (TPSA) is 23.1 Å². The van der Waals surface area contributed by atoms with Crippen molar-refractivity contribution in [2.45, 2.75) is 52.4 Å². The molecule has 0 spiro atoms. The molecule has 0 unspecified atom stereocenters. The molecule has 22 heavy (non-hydrogen) atoms. The molecule has 0 amide bonds. The normalized spacial score (nSPS) is 11.9. The van der Waals surface area contributed by atoms with E-state index in [1.165, 1.54) is 0 Å². The Balaban J connectivity index is 0.00000242. The van der Waals surface area contributed by atoms with Crippen LogP contribution in [0.3, 0.4) is 0 Å². The molecule has 0 aliphatic rings. The summed E-state index contributed by atoms with van der Waals surface area (Å²) in [6.45, 7) is 12.6. The maximum absolute atomic E-state index is 12.8. The van der Waals surface area contributed by atoms with Crippen molar-refractivity contribution in [2.24, 2.45) is 0 Å². The van der Waals surface area contributed by atoms with Gasteiger partial charge in [0.25, 0.3) is 0 Å². The molecule has 112 valence electrons. The third-order valence-corrected chi connectivity index (χ3v) is 3.81. The second-order valence-corrected chi connectivity index (χ2v) is 7.77. The van der Waals surface area contributed by atoms with E-state index in [9.17, 15) is 5.11 Å². The van der Waals surface area contributed by atoms with Crippen LogP contribution in [0, 0.1) is 0 Å². The first kappa shape index (κ1) is 19.3. The Morgan fingerprint density at radius 3 is 1.45 bits per heavy atom. The van der Waals surface area contributed by atoms with Gasteiger partial charge >= 0.3 is 29.6 Å². The predicted molar refractivity (Wildman–Crippen MR) is 88.7 cm³/mol. The van der Waals surface area contributed by atoms with Crippen LogP contribution < -0.4 is 34.7 Å². The van der Waals surface area contributed by atoms with E-state index in [4.69, 9.17) is 0 Å². The molecule has 0 radical (unpaired) electrons. The maximum atomic E-state index is 12.8. The smallest absolute Gasteiger partial charge is 0.872 e. The minimum Gasteiger partial charge on any atom is -0.872 e. The molecule has 1 nitrogen and oxygen atoms in total. The molecular formula is C20H25NaO. The van der Waals surface area contributed by atoms with Gasteiger partial charge in [0.1, 0.15) is 0 Å². The minimum absolute atomic E-state index is 0. The van der Waals surface area contributed by atoms with E-state index < -0.39 is 0 Å². The first-order valence-electron chi connectivity index (χ1n) is 7.52. The zero-order chi connectivity index (χ0) is 15.8. The standard InChI is InChI=1S/C20H26O.Na/c1-19(2,3)16-12-15(14-10-8-7-9-11-14)13-17(18(16)21)20(4,5)6;/h7-13,21H,1-6H3;/q;+1/p-1. The summed E-state index contributed by atoms with van der Waals surface area (Å²) in [5.41, 5.74) is 3.78. The Morgan fingerprint density at radius 2 is 1.09 bits per heavy atom. The fourth-order valence-corrected chi connectivity index (χ4v) is 2.54. The number of hydrogen-bond donors (Lipinski definition) is 0. The molecule has 0 N–H and O–H groups in total. The molecule has 0 heterocycles. The van der Waals surface area contributed by atoms with E-state index >= 15 is 0 Å². The summed E-state index contributed by atoms with van der Waals surface area (Å²) in [5.74, 6) is 0.190. The van der Waals surface area contributed by atoms with Crippen molar-refractivity contribution in [1.82, 2.24) is 0 Å². The van der Waals surface area contributed by atoms with Crippen molar-refractivity contribution >= 4 is 0 Å². The van der Waals surface area contributed by atoms with Crippen LogP contribution >= 0.6 is 0 Å². The van der Waals surface area contributed by atoms with Crippen molar-refractivity contribution in [3.05, 3.63) is 53.6 Å². The predicted octanol–water partition coefficient (Wildman–Crippen LogP) is 2.03. The summed E-state index contributed by atoms with van der Waals surface area (Å²) in [6, 6.07) is 14.4. The number of rotatable bonds is 1. The molecular weight excluding hydrogens is 279 g/mol. The second-order valence-electron chi connectivity index (χ2n) is 7.77. The van der Waals surface area contributed by atoms with E-state index in [0.29, 0.717) is 0 Å². The van der Waals surface area contributed by atoms with Crippen molar-refractivity contribution in [3.63, 3.8) is 0 Å². The largest absolute Gasteiger partial charge is 1.00 e. The van der Waals surface area contributed by atoms with Gasteiger partial charge < -0.3 is 5.11 Å². The second kappa shape index (κ2) is 6.78. The van der Waals surface area contributed by atoms with Gasteiger partial charge in [0, 0.05) is 0 Å². The first-order valence-corrected chi connectivity index (χ1v) is 7.52. The van der Waals surface area contributed by atoms with Gasteiger partial charge in [-0.05, 0) is 33.1 Å². The first-order chi connectivity index (χ1) is 9.60. The molecule has 0 aliphatic carbocycles. The molecule has 0 aromatic heterocycles. The van der Waals surface area contributed by atoms with Gasteiger partial charge in [-0.1, -0.05) is 84.0 Å². The van der Waals surface area contributed by atoms with Gasteiger partial charge in [-0.2, -0.15) is 0 Å². The summed E-state index contributed by atoms with van der Waals surface area (Å²) in [5, 5.41) is 12.8. The van der Waals surface area contributed by atoms with Crippen LogP contribution in [0.1, 0.15) is 52.7 Å². The van der Waals surface area contributed by atoms with E-state index in [1.807, 2.05) is 18.2 Å².